The smallest absolute Gasteiger partial charge is 0.252 e. The molecule has 1 heterocycles. The largest absolute Gasteiger partial charge is 0.381 e. The topological polar surface area (TPSA) is 38.3 Å². The van der Waals surface area contributed by atoms with E-state index >= 15 is 0 Å². The molecule has 1 aliphatic carbocycles. The molecule has 25 heavy (non-hydrogen) atoms. The summed E-state index contributed by atoms with van der Waals surface area (Å²) in [5.74, 6) is -0.500. The van der Waals surface area contributed by atoms with Gasteiger partial charge in [-0.1, -0.05) is 36.6 Å². The van der Waals surface area contributed by atoms with Gasteiger partial charge >= 0.3 is 0 Å². The van der Waals surface area contributed by atoms with Crippen LogP contribution in [-0.4, -0.2) is 32.1 Å². The Morgan fingerprint density at radius 2 is 1.72 bits per heavy atom. The van der Waals surface area contributed by atoms with Gasteiger partial charge in [-0.25, -0.2) is 8.78 Å². The number of amides is 1. The molecule has 1 saturated carbocycles. The molecule has 138 valence electrons. The highest BCUT2D eigenvalue weighted by molar-refractivity contribution is 6.30. The quantitative estimate of drug-likeness (QED) is 0.836. The molecule has 1 amide bonds. The van der Waals surface area contributed by atoms with Crippen molar-refractivity contribution < 1.29 is 18.3 Å². The van der Waals surface area contributed by atoms with Crippen molar-refractivity contribution in [2.24, 2.45) is 5.41 Å². The number of nitrogens with one attached hydrogen (secondary N) is 1. The van der Waals surface area contributed by atoms with Crippen LogP contribution in [0.1, 0.15) is 44.1 Å². The Hall–Kier alpha value is -1.20. The summed E-state index contributed by atoms with van der Waals surface area (Å²) >= 11 is 5.98. The molecular weight excluding hydrogens is 348 g/mol. The van der Waals surface area contributed by atoms with E-state index in [0.29, 0.717) is 37.6 Å². The predicted octanol–water partition coefficient (Wildman–Crippen LogP) is 4.33. The van der Waals surface area contributed by atoms with E-state index in [4.69, 9.17) is 16.3 Å². The Labute approximate surface area is 152 Å². The number of hydrogen-bond acceptors (Lipinski definition) is 2. The van der Waals surface area contributed by atoms with Crippen LogP contribution in [-0.2, 0) is 14.9 Å². The van der Waals surface area contributed by atoms with Crippen LogP contribution < -0.4 is 5.32 Å². The van der Waals surface area contributed by atoms with Gasteiger partial charge in [-0.05, 0) is 43.4 Å². The number of carbonyl (C=O) groups excluding carboxylic acids is 1. The zero-order chi connectivity index (χ0) is 17.9. The Morgan fingerprint density at radius 3 is 2.28 bits per heavy atom. The zero-order valence-electron chi connectivity index (χ0n) is 14.2. The number of halogens is 3. The first kappa shape index (κ1) is 18.6. The van der Waals surface area contributed by atoms with Crippen molar-refractivity contribution in [3.8, 4) is 0 Å². The van der Waals surface area contributed by atoms with Gasteiger partial charge in [0.25, 0.3) is 6.43 Å². The molecule has 0 aromatic heterocycles. The fourth-order valence-electron chi connectivity index (χ4n) is 4.11. The molecule has 0 atom stereocenters. The number of rotatable bonds is 5. The Kier molecular flexibility index (Phi) is 5.64. The molecule has 1 aromatic rings. The van der Waals surface area contributed by atoms with Gasteiger partial charge in [-0.2, -0.15) is 0 Å². The highest BCUT2D eigenvalue weighted by atomic mass is 35.5. The third kappa shape index (κ3) is 3.68. The van der Waals surface area contributed by atoms with Crippen LogP contribution in [0.15, 0.2) is 24.3 Å². The molecule has 3 rings (SSSR count). The van der Waals surface area contributed by atoms with E-state index in [9.17, 15) is 13.6 Å². The van der Waals surface area contributed by atoms with Crippen LogP contribution in [0.3, 0.4) is 0 Å². The fourth-order valence-corrected chi connectivity index (χ4v) is 4.23. The Balaban J connectivity index is 1.77. The number of benzene rings is 1. The first-order valence-corrected chi connectivity index (χ1v) is 9.27. The van der Waals surface area contributed by atoms with Crippen molar-refractivity contribution in [1.82, 2.24) is 5.32 Å². The minimum atomic E-state index is -2.61. The molecule has 3 nitrogen and oxygen atoms in total. The van der Waals surface area contributed by atoms with Gasteiger partial charge < -0.3 is 10.1 Å². The van der Waals surface area contributed by atoms with Gasteiger partial charge in [0.1, 0.15) is 5.41 Å². The lowest BCUT2D eigenvalue weighted by Crippen LogP contribution is -2.50. The molecule has 0 bridgehead atoms. The Bertz CT molecular complexity index is 594. The minimum Gasteiger partial charge on any atom is -0.381 e. The van der Waals surface area contributed by atoms with Crippen molar-refractivity contribution in [1.29, 1.82) is 0 Å². The number of hydrogen-bond donors (Lipinski definition) is 1. The van der Waals surface area contributed by atoms with Gasteiger partial charge in [-0.3, -0.25) is 4.79 Å². The molecular formula is C19H24ClF2NO2. The second kappa shape index (κ2) is 7.58. The van der Waals surface area contributed by atoms with Crippen LogP contribution in [0.5, 0.6) is 0 Å². The molecule has 0 spiro atoms. The molecule has 1 aliphatic heterocycles. The predicted molar refractivity (Wildman–Crippen MR) is 93.1 cm³/mol. The average Bonchev–Trinajstić information content (AvgIpc) is 3.12. The van der Waals surface area contributed by atoms with Crippen LogP contribution in [0, 0.1) is 5.41 Å². The standard InChI is InChI=1S/C19H24ClF2NO2/c20-15-5-3-14(4-6-15)18(9-11-25-12-10-18)13-23-17(24)19(16(21)22)7-1-2-8-19/h3-6,16H,1-2,7-13H2,(H,23,24). The normalized spacial score (nSPS) is 22.1. The molecule has 0 radical (unpaired) electrons. The highest BCUT2D eigenvalue weighted by Gasteiger charge is 2.49. The van der Waals surface area contributed by atoms with Gasteiger partial charge in [0.05, 0.1) is 0 Å². The maximum absolute atomic E-state index is 13.6. The molecule has 1 saturated heterocycles. The van der Waals surface area contributed by atoms with Crippen molar-refractivity contribution in [3.05, 3.63) is 34.9 Å². The minimum absolute atomic E-state index is 0.271. The average molecular weight is 372 g/mol. The number of carbonyl (C=O) groups is 1. The lowest BCUT2D eigenvalue weighted by atomic mass is 9.73. The second-order valence-electron chi connectivity index (χ2n) is 7.25. The molecule has 2 fully saturated rings. The van der Waals surface area contributed by atoms with Gasteiger partial charge in [0.15, 0.2) is 0 Å². The summed E-state index contributed by atoms with van der Waals surface area (Å²) in [6.45, 7) is 1.54. The van der Waals surface area contributed by atoms with Gasteiger partial charge in [0, 0.05) is 30.2 Å². The van der Waals surface area contributed by atoms with E-state index in [1.165, 1.54) is 0 Å². The van der Waals surface area contributed by atoms with Crippen molar-refractivity contribution in [3.63, 3.8) is 0 Å². The van der Waals surface area contributed by atoms with E-state index in [1.807, 2.05) is 24.3 Å². The Morgan fingerprint density at radius 1 is 1.12 bits per heavy atom. The highest BCUT2D eigenvalue weighted by Crippen LogP contribution is 2.44. The zero-order valence-corrected chi connectivity index (χ0v) is 15.0. The summed E-state index contributed by atoms with van der Waals surface area (Å²) in [5.41, 5.74) is -0.731. The summed E-state index contributed by atoms with van der Waals surface area (Å²) < 4.78 is 32.6. The van der Waals surface area contributed by atoms with E-state index in [-0.39, 0.29) is 18.3 Å². The summed E-state index contributed by atoms with van der Waals surface area (Å²) in [6, 6.07) is 7.57. The van der Waals surface area contributed by atoms with Crippen LogP contribution in [0.2, 0.25) is 5.02 Å². The van der Waals surface area contributed by atoms with Gasteiger partial charge in [0.2, 0.25) is 5.91 Å². The van der Waals surface area contributed by atoms with Crippen LogP contribution in [0.4, 0.5) is 8.78 Å². The van der Waals surface area contributed by atoms with Crippen LogP contribution >= 0.6 is 11.6 Å². The fraction of sp³-hybridized carbons (Fsp3) is 0.632. The first-order valence-electron chi connectivity index (χ1n) is 8.89. The molecule has 2 aliphatic rings. The molecule has 1 aromatic carbocycles. The van der Waals surface area contributed by atoms with Crippen molar-refractivity contribution in [2.45, 2.75) is 50.4 Å². The SMILES string of the molecule is O=C(NCC1(c2ccc(Cl)cc2)CCOCC1)C1(C(F)F)CCCC1. The second-order valence-corrected chi connectivity index (χ2v) is 7.68. The summed E-state index contributed by atoms with van der Waals surface area (Å²) in [4.78, 5) is 12.6. The van der Waals surface area contributed by atoms with E-state index in [1.54, 1.807) is 0 Å². The van der Waals surface area contributed by atoms with Crippen molar-refractivity contribution in [2.75, 3.05) is 19.8 Å². The molecule has 1 N–H and O–H groups in total. The number of alkyl halides is 2. The lowest BCUT2D eigenvalue weighted by Gasteiger charge is -2.39. The monoisotopic (exact) mass is 371 g/mol. The van der Waals surface area contributed by atoms with Crippen molar-refractivity contribution >= 4 is 17.5 Å². The summed E-state index contributed by atoms with van der Waals surface area (Å²) in [7, 11) is 0. The molecule has 6 heteroatoms. The summed E-state index contributed by atoms with van der Waals surface area (Å²) in [5, 5.41) is 3.51. The maximum Gasteiger partial charge on any atom is 0.252 e. The first-order chi connectivity index (χ1) is 12.0. The van der Waals surface area contributed by atoms with E-state index in [0.717, 1.165) is 18.4 Å². The maximum atomic E-state index is 13.6. The third-order valence-corrected chi connectivity index (χ3v) is 6.11. The van der Waals surface area contributed by atoms with Gasteiger partial charge in [-0.15, -0.1) is 0 Å². The molecule has 0 unspecified atom stereocenters. The van der Waals surface area contributed by atoms with E-state index < -0.39 is 17.7 Å². The third-order valence-electron chi connectivity index (χ3n) is 5.86. The van der Waals surface area contributed by atoms with Crippen LogP contribution in [0.25, 0.3) is 0 Å². The van der Waals surface area contributed by atoms with E-state index in [2.05, 4.69) is 5.32 Å². The summed E-state index contributed by atoms with van der Waals surface area (Å²) in [6.07, 6.45) is 0.798. The lowest BCUT2D eigenvalue weighted by molar-refractivity contribution is -0.140. The number of ether oxygens (including phenoxy) is 1.